The Balaban J connectivity index is 2.21. The summed E-state index contributed by atoms with van der Waals surface area (Å²) in [7, 11) is 0. The molecule has 1 aliphatic rings. The van der Waals surface area contributed by atoms with Crippen molar-refractivity contribution in [3.8, 4) is 0 Å². The number of aliphatic hydroxyl groups is 4. The maximum atomic E-state index is 12.8. The Hall–Kier alpha value is -1.56. The number of ether oxygens (including phenoxy) is 4. The summed E-state index contributed by atoms with van der Waals surface area (Å²) in [5, 5.41) is 40.2. The zero-order valence-electron chi connectivity index (χ0n) is 41.6. The Kier molecular flexibility index (Phi) is 42.7. The van der Waals surface area contributed by atoms with Crippen LogP contribution in [0, 0.1) is 0 Å². The van der Waals surface area contributed by atoms with Crippen LogP contribution in [-0.2, 0) is 28.5 Å². The molecular formula is C54H102O10. The number of rotatable bonds is 47. The minimum Gasteiger partial charge on any atom is -0.462 e. The minimum absolute atomic E-state index is 0.212. The van der Waals surface area contributed by atoms with Gasteiger partial charge in [-0.15, -0.1) is 0 Å². The van der Waals surface area contributed by atoms with Gasteiger partial charge in [0.05, 0.1) is 13.2 Å². The number of carbonyl (C=O) groups is 2. The molecule has 10 heteroatoms. The van der Waals surface area contributed by atoms with E-state index in [0.717, 1.165) is 38.5 Å². The van der Waals surface area contributed by atoms with Crippen molar-refractivity contribution in [2.75, 3.05) is 19.8 Å². The molecule has 1 saturated heterocycles. The molecule has 1 aliphatic heterocycles. The highest BCUT2D eigenvalue weighted by atomic mass is 16.7. The average Bonchev–Trinajstić information content (AvgIpc) is 3.29. The van der Waals surface area contributed by atoms with Gasteiger partial charge in [-0.25, -0.2) is 0 Å². The summed E-state index contributed by atoms with van der Waals surface area (Å²) in [6.07, 6.45) is 43.7. The lowest BCUT2D eigenvalue weighted by atomic mass is 9.99. The smallest absolute Gasteiger partial charge is 0.306 e. The molecule has 0 bridgehead atoms. The van der Waals surface area contributed by atoms with E-state index in [0.29, 0.717) is 6.42 Å². The van der Waals surface area contributed by atoms with Crippen molar-refractivity contribution in [2.45, 2.75) is 301 Å². The predicted octanol–water partition coefficient (Wildman–Crippen LogP) is 13.1. The highest BCUT2D eigenvalue weighted by Crippen LogP contribution is 2.23. The fourth-order valence-electron chi connectivity index (χ4n) is 8.60. The summed E-state index contributed by atoms with van der Waals surface area (Å²) in [4.78, 5) is 25.5. The van der Waals surface area contributed by atoms with Crippen LogP contribution in [0.4, 0.5) is 0 Å². The Labute approximate surface area is 392 Å². The van der Waals surface area contributed by atoms with Crippen LogP contribution < -0.4 is 0 Å². The molecule has 0 radical (unpaired) electrons. The van der Waals surface area contributed by atoms with Crippen LogP contribution in [-0.4, -0.2) is 89.0 Å². The van der Waals surface area contributed by atoms with E-state index in [9.17, 15) is 30.0 Å². The minimum atomic E-state index is -1.59. The van der Waals surface area contributed by atoms with E-state index in [-0.39, 0.29) is 32.0 Å². The van der Waals surface area contributed by atoms with E-state index in [1.807, 2.05) is 0 Å². The maximum Gasteiger partial charge on any atom is 0.306 e. The number of allylic oxidation sites excluding steroid dienone is 2. The van der Waals surface area contributed by atoms with Gasteiger partial charge in [-0.1, -0.05) is 225 Å². The Bertz CT molecular complexity index is 1050. The standard InChI is InChI=1S/C54H102O10/c1-3-5-7-9-11-13-15-17-19-21-22-23-24-25-27-28-30-32-34-36-38-40-42-49(56)61-45-47(46-62-54-53(60)52(59)51(58)48(44-55)64-54)63-50(57)43-41-39-37-35-33-31-29-26-20-18-16-14-12-10-8-6-4-2/h14,16,47-48,51-55,58-60H,3-13,15,17-46H2,1-2H3/b16-14+/t47-,48-,51+,52?,53?,54-/m0/s1. The van der Waals surface area contributed by atoms with Crippen LogP contribution in [0.2, 0.25) is 0 Å². The van der Waals surface area contributed by atoms with Crippen molar-refractivity contribution in [2.24, 2.45) is 0 Å². The lowest BCUT2D eigenvalue weighted by Crippen LogP contribution is -2.59. The van der Waals surface area contributed by atoms with E-state index < -0.39 is 49.4 Å². The molecule has 4 N–H and O–H groups in total. The second kappa shape index (κ2) is 45.2. The molecule has 0 amide bonds. The summed E-state index contributed by atoms with van der Waals surface area (Å²) >= 11 is 0. The fraction of sp³-hybridized carbons (Fsp3) is 0.926. The first-order valence-electron chi connectivity index (χ1n) is 27.3. The molecular weight excluding hydrogens is 809 g/mol. The van der Waals surface area contributed by atoms with Gasteiger partial charge in [0.2, 0.25) is 0 Å². The van der Waals surface area contributed by atoms with Gasteiger partial charge in [0, 0.05) is 12.8 Å². The normalized spacial score (nSPS) is 19.4. The van der Waals surface area contributed by atoms with Gasteiger partial charge in [-0.05, 0) is 38.5 Å². The molecule has 64 heavy (non-hydrogen) atoms. The number of aliphatic hydroxyl groups excluding tert-OH is 4. The zero-order chi connectivity index (χ0) is 46.6. The highest BCUT2D eigenvalue weighted by molar-refractivity contribution is 5.70. The SMILES string of the molecule is CCCCCC/C=C/CCCCCCCCCCCC(=O)O[C@@H](COC(=O)CCCCCCCCCCCCCCCCCCCCCCCC)CO[C@H]1O[C@@H](CO)[C@@H](O)C(O)C1O. The fourth-order valence-corrected chi connectivity index (χ4v) is 8.60. The van der Waals surface area contributed by atoms with E-state index in [2.05, 4.69) is 26.0 Å². The quantitative estimate of drug-likeness (QED) is 0.0264. The van der Waals surface area contributed by atoms with Crippen LogP contribution in [0.3, 0.4) is 0 Å². The number of hydrogen-bond acceptors (Lipinski definition) is 10. The molecule has 10 nitrogen and oxygen atoms in total. The highest BCUT2D eigenvalue weighted by Gasteiger charge is 2.44. The zero-order valence-corrected chi connectivity index (χ0v) is 41.6. The molecule has 1 fully saturated rings. The van der Waals surface area contributed by atoms with E-state index >= 15 is 0 Å². The van der Waals surface area contributed by atoms with Crippen molar-refractivity contribution < 1.29 is 49.0 Å². The van der Waals surface area contributed by atoms with Gasteiger partial charge in [0.1, 0.15) is 31.0 Å². The van der Waals surface area contributed by atoms with Gasteiger partial charge in [0.25, 0.3) is 0 Å². The molecule has 0 spiro atoms. The molecule has 0 saturated carbocycles. The Morgan fingerprint density at radius 3 is 1.23 bits per heavy atom. The molecule has 6 atom stereocenters. The van der Waals surface area contributed by atoms with Crippen molar-refractivity contribution in [1.82, 2.24) is 0 Å². The van der Waals surface area contributed by atoms with Crippen molar-refractivity contribution in [1.29, 1.82) is 0 Å². The van der Waals surface area contributed by atoms with E-state index in [1.165, 1.54) is 193 Å². The van der Waals surface area contributed by atoms with Gasteiger partial charge >= 0.3 is 11.9 Å². The Morgan fingerprint density at radius 2 is 0.828 bits per heavy atom. The molecule has 2 unspecified atom stereocenters. The summed E-state index contributed by atoms with van der Waals surface area (Å²) in [6, 6.07) is 0. The molecule has 1 heterocycles. The van der Waals surface area contributed by atoms with Gasteiger partial charge in [-0.2, -0.15) is 0 Å². The lowest BCUT2D eigenvalue weighted by molar-refractivity contribution is -0.305. The largest absolute Gasteiger partial charge is 0.462 e. The molecule has 0 aromatic rings. The first-order valence-corrected chi connectivity index (χ1v) is 27.3. The first kappa shape index (κ1) is 60.5. The lowest BCUT2D eigenvalue weighted by Gasteiger charge is -2.39. The average molecular weight is 911 g/mol. The van der Waals surface area contributed by atoms with Crippen molar-refractivity contribution >= 4 is 11.9 Å². The first-order chi connectivity index (χ1) is 31.3. The molecule has 0 aromatic carbocycles. The number of unbranched alkanes of at least 4 members (excludes halogenated alkanes) is 34. The van der Waals surface area contributed by atoms with E-state index in [4.69, 9.17) is 18.9 Å². The molecule has 378 valence electrons. The van der Waals surface area contributed by atoms with Gasteiger partial charge in [0.15, 0.2) is 12.4 Å². The van der Waals surface area contributed by atoms with Crippen LogP contribution >= 0.6 is 0 Å². The van der Waals surface area contributed by atoms with Gasteiger partial charge < -0.3 is 39.4 Å². The topological polar surface area (TPSA) is 152 Å². The number of hydrogen-bond donors (Lipinski definition) is 4. The summed E-state index contributed by atoms with van der Waals surface area (Å²) in [6.45, 7) is 3.46. The number of carbonyl (C=O) groups excluding carboxylic acids is 2. The summed E-state index contributed by atoms with van der Waals surface area (Å²) in [5.74, 6) is -0.792. The van der Waals surface area contributed by atoms with E-state index in [1.54, 1.807) is 0 Å². The third-order valence-electron chi connectivity index (χ3n) is 12.9. The predicted molar refractivity (Wildman–Crippen MR) is 261 cm³/mol. The van der Waals surface area contributed by atoms with Crippen LogP contribution in [0.5, 0.6) is 0 Å². The van der Waals surface area contributed by atoms with Crippen molar-refractivity contribution in [3.05, 3.63) is 12.2 Å². The molecule has 1 rings (SSSR count). The monoisotopic (exact) mass is 911 g/mol. The van der Waals surface area contributed by atoms with Crippen LogP contribution in [0.15, 0.2) is 12.2 Å². The molecule has 0 aliphatic carbocycles. The third-order valence-corrected chi connectivity index (χ3v) is 12.9. The van der Waals surface area contributed by atoms with Gasteiger partial charge in [-0.3, -0.25) is 9.59 Å². The summed E-state index contributed by atoms with van der Waals surface area (Å²) in [5.41, 5.74) is 0. The maximum absolute atomic E-state index is 12.8. The number of esters is 2. The second-order valence-corrected chi connectivity index (χ2v) is 19.0. The molecule has 0 aromatic heterocycles. The second-order valence-electron chi connectivity index (χ2n) is 19.0. The third kappa shape index (κ3) is 35.6. The summed E-state index contributed by atoms with van der Waals surface area (Å²) < 4.78 is 22.3. The van der Waals surface area contributed by atoms with Crippen molar-refractivity contribution in [3.63, 3.8) is 0 Å². The van der Waals surface area contributed by atoms with Crippen LogP contribution in [0.1, 0.15) is 264 Å². The van der Waals surface area contributed by atoms with Crippen LogP contribution in [0.25, 0.3) is 0 Å². The Morgan fingerprint density at radius 1 is 0.469 bits per heavy atom.